The van der Waals surface area contributed by atoms with Crippen molar-refractivity contribution in [2.75, 3.05) is 27.2 Å². The first-order valence-corrected chi connectivity index (χ1v) is 11.2. The highest BCUT2D eigenvalue weighted by Crippen LogP contribution is 2.37. The predicted octanol–water partition coefficient (Wildman–Crippen LogP) is 3.78. The van der Waals surface area contributed by atoms with E-state index in [4.69, 9.17) is 0 Å². The van der Waals surface area contributed by atoms with Crippen LogP contribution in [0.3, 0.4) is 0 Å². The van der Waals surface area contributed by atoms with Crippen LogP contribution in [-0.4, -0.2) is 57.7 Å². The lowest BCUT2D eigenvalue weighted by Crippen LogP contribution is -2.27. The molecule has 0 spiro atoms. The first kappa shape index (κ1) is 20.6. The third-order valence-electron chi connectivity index (χ3n) is 5.27. The Morgan fingerprint density at radius 1 is 1.00 bits per heavy atom. The van der Waals surface area contributed by atoms with E-state index in [0.717, 1.165) is 41.9 Å². The van der Waals surface area contributed by atoms with E-state index in [1.165, 1.54) is 24.6 Å². The third kappa shape index (κ3) is 4.57. The molecule has 4 rings (SSSR count). The van der Waals surface area contributed by atoms with Crippen LogP contribution in [0.2, 0.25) is 0 Å². The van der Waals surface area contributed by atoms with Gasteiger partial charge in [-0.05, 0) is 43.6 Å². The Balaban J connectivity index is 1.71. The SMILES string of the molecule is CN(C)C(=O)C(Sc1nnc(CN2CCCC2)n1-c1ccccc1)c1ccccc1. The van der Waals surface area contributed by atoms with Gasteiger partial charge >= 0.3 is 0 Å². The molecule has 0 aliphatic carbocycles. The minimum atomic E-state index is -0.382. The first-order valence-electron chi connectivity index (χ1n) is 10.3. The molecule has 156 valence electrons. The zero-order valence-corrected chi connectivity index (χ0v) is 18.3. The molecule has 1 aliphatic rings. The lowest BCUT2D eigenvalue weighted by molar-refractivity contribution is -0.128. The number of nitrogens with zero attached hydrogens (tertiary/aromatic N) is 5. The van der Waals surface area contributed by atoms with E-state index >= 15 is 0 Å². The molecule has 1 unspecified atom stereocenters. The summed E-state index contributed by atoms with van der Waals surface area (Å²) in [6.45, 7) is 2.95. The summed E-state index contributed by atoms with van der Waals surface area (Å²) in [7, 11) is 3.58. The second kappa shape index (κ2) is 9.45. The molecule has 7 heteroatoms. The number of carbonyl (C=O) groups excluding carboxylic acids is 1. The fourth-order valence-electron chi connectivity index (χ4n) is 3.68. The Bertz CT molecular complexity index is 968. The van der Waals surface area contributed by atoms with Crippen LogP contribution in [0.15, 0.2) is 65.8 Å². The standard InChI is InChI=1S/C23H27N5OS/c1-26(2)22(29)21(18-11-5-3-6-12-18)30-23-25-24-20(17-27-15-9-10-16-27)28(23)19-13-7-4-8-14-19/h3-8,11-14,21H,9-10,15-17H2,1-2H3. The van der Waals surface area contributed by atoms with Gasteiger partial charge in [0, 0.05) is 19.8 Å². The minimum absolute atomic E-state index is 0.0369. The van der Waals surface area contributed by atoms with Crippen molar-refractivity contribution in [1.29, 1.82) is 0 Å². The van der Waals surface area contributed by atoms with E-state index in [9.17, 15) is 4.79 Å². The van der Waals surface area contributed by atoms with E-state index in [0.29, 0.717) is 0 Å². The Morgan fingerprint density at radius 3 is 2.27 bits per heavy atom. The van der Waals surface area contributed by atoms with Gasteiger partial charge in [0.2, 0.25) is 5.91 Å². The molecule has 3 aromatic rings. The zero-order valence-electron chi connectivity index (χ0n) is 17.4. The molecule has 1 saturated heterocycles. The fourth-order valence-corrected chi connectivity index (χ4v) is 4.90. The zero-order chi connectivity index (χ0) is 20.9. The van der Waals surface area contributed by atoms with Crippen molar-refractivity contribution in [3.05, 3.63) is 72.1 Å². The topological polar surface area (TPSA) is 54.3 Å². The highest BCUT2D eigenvalue weighted by Gasteiger charge is 2.28. The number of para-hydroxylation sites is 1. The third-order valence-corrected chi connectivity index (χ3v) is 6.45. The van der Waals surface area contributed by atoms with Crippen molar-refractivity contribution >= 4 is 17.7 Å². The molecule has 1 atom stereocenters. The largest absolute Gasteiger partial charge is 0.348 e. The lowest BCUT2D eigenvalue weighted by atomic mass is 10.1. The molecule has 0 saturated carbocycles. The van der Waals surface area contributed by atoms with Crippen LogP contribution in [0.25, 0.3) is 5.69 Å². The number of hydrogen-bond donors (Lipinski definition) is 0. The molecule has 1 aromatic heterocycles. The number of likely N-dealkylation sites (tertiary alicyclic amines) is 1. The van der Waals surface area contributed by atoms with Gasteiger partial charge in [-0.3, -0.25) is 14.3 Å². The molecular formula is C23H27N5OS. The average molecular weight is 422 g/mol. The maximum Gasteiger partial charge on any atom is 0.240 e. The van der Waals surface area contributed by atoms with Crippen molar-refractivity contribution in [2.45, 2.75) is 29.8 Å². The summed E-state index contributed by atoms with van der Waals surface area (Å²) < 4.78 is 2.10. The van der Waals surface area contributed by atoms with Gasteiger partial charge in [-0.1, -0.05) is 60.3 Å². The number of amides is 1. The van der Waals surface area contributed by atoms with Gasteiger partial charge in [0.25, 0.3) is 0 Å². The maximum absolute atomic E-state index is 13.0. The summed E-state index contributed by atoms with van der Waals surface area (Å²) >= 11 is 1.46. The quantitative estimate of drug-likeness (QED) is 0.544. The molecule has 6 nitrogen and oxygen atoms in total. The molecule has 0 radical (unpaired) electrons. The number of rotatable bonds is 7. The fraction of sp³-hybridized carbons (Fsp3) is 0.348. The summed E-state index contributed by atoms with van der Waals surface area (Å²) in [6, 6.07) is 20.0. The average Bonchev–Trinajstić information content (AvgIpc) is 3.43. The Kier molecular flexibility index (Phi) is 6.50. The number of thioether (sulfide) groups is 1. The Hall–Kier alpha value is -2.64. The van der Waals surface area contributed by atoms with Crippen LogP contribution in [0.5, 0.6) is 0 Å². The molecule has 1 fully saturated rings. The van der Waals surface area contributed by atoms with E-state index in [1.807, 2.05) is 48.5 Å². The Labute approximate surface area is 181 Å². The lowest BCUT2D eigenvalue weighted by Gasteiger charge is -2.21. The number of benzene rings is 2. The normalized spacial score (nSPS) is 15.3. The van der Waals surface area contributed by atoms with E-state index in [-0.39, 0.29) is 11.2 Å². The molecule has 2 heterocycles. The van der Waals surface area contributed by atoms with Crippen LogP contribution >= 0.6 is 11.8 Å². The molecule has 0 N–H and O–H groups in total. The monoisotopic (exact) mass is 421 g/mol. The molecular weight excluding hydrogens is 394 g/mol. The van der Waals surface area contributed by atoms with Crippen molar-refractivity contribution in [2.24, 2.45) is 0 Å². The van der Waals surface area contributed by atoms with Gasteiger partial charge in [-0.2, -0.15) is 0 Å². The van der Waals surface area contributed by atoms with Gasteiger partial charge in [0.15, 0.2) is 11.0 Å². The number of aromatic nitrogens is 3. The summed E-state index contributed by atoms with van der Waals surface area (Å²) in [4.78, 5) is 17.1. The van der Waals surface area contributed by atoms with Gasteiger partial charge < -0.3 is 4.90 Å². The van der Waals surface area contributed by atoms with Crippen molar-refractivity contribution < 1.29 is 4.79 Å². The van der Waals surface area contributed by atoms with E-state index in [1.54, 1.807) is 19.0 Å². The molecule has 2 aromatic carbocycles. The second-order valence-corrected chi connectivity index (χ2v) is 8.77. The molecule has 1 amide bonds. The van der Waals surface area contributed by atoms with Crippen LogP contribution < -0.4 is 0 Å². The smallest absolute Gasteiger partial charge is 0.240 e. The predicted molar refractivity (Wildman–Crippen MR) is 120 cm³/mol. The van der Waals surface area contributed by atoms with Gasteiger partial charge in [0.1, 0.15) is 5.25 Å². The van der Waals surface area contributed by atoms with Gasteiger partial charge in [-0.15, -0.1) is 10.2 Å². The number of carbonyl (C=O) groups is 1. The van der Waals surface area contributed by atoms with Crippen molar-refractivity contribution in [3.63, 3.8) is 0 Å². The first-order chi connectivity index (χ1) is 14.6. The minimum Gasteiger partial charge on any atom is -0.348 e. The van der Waals surface area contributed by atoms with E-state index in [2.05, 4.69) is 31.8 Å². The van der Waals surface area contributed by atoms with E-state index < -0.39 is 0 Å². The number of hydrogen-bond acceptors (Lipinski definition) is 5. The Morgan fingerprint density at radius 2 is 1.63 bits per heavy atom. The van der Waals surface area contributed by atoms with Crippen LogP contribution in [-0.2, 0) is 11.3 Å². The van der Waals surface area contributed by atoms with Crippen LogP contribution in [0.4, 0.5) is 0 Å². The van der Waals surface area contributed by atoms with Crippen LogP contribution in [0, 0.1) is 0 Å². The van der Waals surface area contributed by atoms with Gasteiger partial charge in [-0.25, -0.2) is 0 Å². The molecule has 30 heavy (non-hydrogen) atoms. The highest BCUT2D eigenvalue weighted by atomic mass is 32.2. The summed E-state index contributed by atoms with van der Waals surface area (Å²) in [5.74, 6) is 0.949. The summed E-state index contributed by atoms with van der Waals surface area (Å²) in [5, 5.41) is 9.41. The molecule has 0 bridgehead atoms. The van der Waals surface area contributed by atoms with Crippen LogP contribution in [0.1, 0.15) is 29.5 Å². The van der Waals surface area contributed by atoms with Gasteiger partial charge in [0.05, 0.1) is 6.54 Å². The maximum atomic E-state index is 13.0. The highest BCUT2D eigenvalue weighted by molar-refractivity contribution is 8.00. The summed E-state index contributed by atoms with van der Waals surface area (Å²) in [5.41, 5.74) is 1.98. The molecule has 1 aliphatic heterocycles. The van der Waals surface area contributed by atoms with Crippen molar-refractivity contribution in [1.82, 2.24) is 24.6 Å². The summed E-state index contributed by atoms with van der Waals surface area (Å²) in [6.07, 6.45) is 2.46. The van der Waals surface area contributed by atoms with Crippen molar-refractivity contribution in [3.8, 4) is 5.69 Å². The number of likely N-dealkylation sites (N-methyl/N-ethyl adjacent to an activating group) is 1. The second-order valence-electron chi connectivity index (χ2n) is 7.69.